The van der Waals surface area contributed by atoms with Gasteiger partial charge in [-0.3, -0.25) is 19.7 Å². The largest absolute Gasteiger partial charge is 0.348 e. The first-order chi connectivity index (χ1) is 12.5. The SMILES string of the molecule is CC(C)CN1CC2CC(NC(=O)c3n[nH]c4ccccc34)CC(C1)N2C. The summed E-state index contributed by atoms with van der Waals surface area (Å²) < 4.78 is 0. The molecule has 2 bridgehead atoms. The molecule has 2 N–H and O–H groups in total. The van der Waals surface area contributed by atoms with E-state index in [1.807, 2.05) is 24.3 Å². The van der Waals surface area contributed by atoms with Gasteiger partial charge in [-0.1, -0.05) is 32.0 Å². The number of hydrogen-bond acceptors (Lipinski definition) is 4. The molecule has 6 nitrogen and oxygen atoms in total. The van der Waals surface area contributed by atoms with E-state index in [1.54, 1.807) is 0 Å². The number of rotatable bonds is 4. The molecule has 0 saturated carbocycles. The van der Waals surface area contributed by atoms with Gasteiger partial charge in [0.05, 0.1) is 5.52 Å². The Morgan fingerprint density at radius 3 is 2.65 bits per heavy atom. The molecule has 1 aromatic heterocycles. The molecule has 140 valence electrons. The standard InChI is InChI=1S/C20H29N5O/c1-13(2)10-25-11-15-8-14(9-16(12-25)24(15)3)21-20(26)19-17-6-4-5-7-18(17)22-23-19/h4-7,13-16H,8-12H2,1-3H3,(H,21,26)(H,22,23). The zero-order valence-corrected chi connectivity index (χ0v) is 15.9. The number of H-pyrrole nitrogens is 1. The van der Waals surface area contributed by atoms with E-state index in [0.717, 1.165) is 43.4 Å². The Morgan fingerprint density at radius 1 is 1.27 bits per heavy atom. The Labute approximate surface area is 154 Å². The van der Waals surface area contributed by atoms with Crippen molar-refractivity contribution in [3.8, 4) is 0 Å². The number of likely N-dealkylation sites (N-methyl/N-ethyl adjacent to an activating group) is 1. The number of fused-ring (bicyclic) bond motifs is 3. The average Bonchev–Trinajstić information content (AvgIpc) is 3.00. The summed E-state index contributed by atoms with van der Waals surface area (Å²) >= 11 is 0. The monoisotopic (exact) mass is 355 g/mol. The molecule has 0 radical (unpaired) electrons. The summed E-state index contributed by atoms with van der Waals surface area (Å²) in [5.74, 6) is 0.636. The van der Waals surface area contributed by atoms with Crippen LogP contribution < -0.4 is 5.32 Å². The summed E-state index contributed by atoms with van der Waals surface area (Å²) in [7, 11) is 2.24. The highest BCUT2D eigenvalue weighted by Gasteiger charge is 2.39. The van der Waals surface area contributed by atoms with Gasteiger partial charge < -0.3 is 5.32 Å². The van der Waals surface area contributed by atoms with Gasteiger partial charge in [-0.2, -0.15) is 5.10 Å². The molecule has 2 saturated heterocycles. The van der Waals surface area contributed by atoms with Crippen LogP contribution in [0.2, 0.25) is 0 Å². The van der Waals surface area contributed by atoms with Gasteiger partial charge in [-0.25, -0.2) is 0 Å². The van der Waals surface area contributed by atoms with Crippen molar-refractivity contribution in [1.82, 2.24) is 25.3 Å². The van der Waals surface area contributed by atoms with Crippen LogP contribution in [0.3, 0.4) is 0 Å². The van der Waals surface area contributed by atoms with Crippen molar-refractivity contribution in [2.45, 2.75) is 44.8 Å². The van der Waals surface area contributed by atoms with E-state index in [0.29, 0.717) is 23.7 Å². The maximum atomic E-state index is 12.8. The highest BCUT2D eigenvalue weighted by molar-refractivity contribution is 6.04. The second-order valence-electron chi connectivity index (χ2n) is 8.35. The van der Waals surface area contributed by atoms with Crippen LogP contribution in [0.5, 0.6) is 0 Å². The van der Waals surface area contributed by atoms with Crippen molar-refractivity contribution in [3.63, 3.8) is 0 Å². The molecule has 26 heavy (non-hydrogen) atoms. The zero-order valence-electron chi connectivity index (χ0n) is 15.9. The molecule has 1 amide bonds. The Hall–Kier alpha value is -1.92. The van der Waals surface area contributed by atoms with Crippen LogP contribution in [0.15, 0.2) is 24.3 Å². The zero-order chi connectivity index (χ0) is 18.3. The molecular formula is C20H29N5O. The molecule has 2 aliphatic heterocycles. The van der Waals surface area contributed by atoms with Crippen LogP contribution in [0.4, 0.5) is 0 Å². The minimum absolute atomic E-state index is 0.0610. The summed E-state index contributed by atoms with van der Waals surface area (Å²) in [6.45, 7) is 7.93. The van der Waals surface area contributed by atoms with Crippen LogP contribution in [0.25, 0.3) is 10.9 Å². The van der Waals surface area contributed by atoms with E-state index >= 15 is 0 Å². The molecule has 2 aromatic rings. The third-order valence-electron chi connectivity index (χ3n) is 5.85. The summed E-state index contributed by atoms with van der Waals surface area (Å²) in [5, 5.41) is 11.3. The first-order valence-corrected chi connectivity index (χ1v) is 9.69. The number of nitrogens with one attached hydrogen (secondary N) is 2. The molecule has 2 aliphatic rings. The maximum Gasteiger partial charge on any atom is 0.272 e. The van der Waals surface area contributed by atoms with Crippen molar-refractivity contribution >= 4 is 16.8 Å². The normalized spacial score (nSPS) is 27.2. The van der Waals surface area contributed by atoms with Crippen molar-refractivity contribution in [2.75, 3.05) is 26.7 Å². The second-order valence-corrected chi connectivity index (χ2v) is 8.35. The quantitative estimate of drug-likeness (QED) is 0.882. The van der Waals surface area contributed by atoms with E-state index in [1.165, 1.54) is 0 Å². The average molecular weight is 355 g/mol. The van der Waals surface area contributed by atoms with Gasteiger partial charge in [0.25, 0.3) is 5.91 Å². The number of nitrogens with zero attached hydrogens (tertiary/aromatic N) is 3. The fourth-order valence-electron chi connectivity index (χ4n) is 4.63. The number of carbonyl (C=O) groups is 1. The van der Waals surface area contributed by atoms with Gasteiger partial charge in [0, 0.05) is 43.1 Å². The van der Waals surface area contributed by atoms with E-state index in [-0.39, 0.29) is 11.9 Å². The van der Waals surface area contributed by atoms with Crippen LogP contribution in [-0.4, -0.2) is 70.7 Å². The molecule has 1 aromatic carbocycles. The predicted octanol–water partition coefficient (Wildman–Crippen LogP) is 2.10. The molecule has 2 unspecified atom stereocenters. The van der Waals surface area contributed by atoms with Crippen molar-refractivity contribution < 1.29 is 4.79 Å². The number of piperidine rings is 1. The molecule has 0 aliphatic carbocycles. The molecule has 2 atom stereocenters. The van der Waals surface area contributed by atoms with E-state index in [2.05, 4.69) is 46.2 Å². The van der Waals surface area contributed by atoms with E-state index in [9.17, 15) is 4.79 Å². The van der Waals surface area contributed by atoms with Crippen molar-refractivity contribution in [2.24, 2.45) is 5.92 Å². The lowest BCUT2D eigenvalue weighted by Crippen LogP contribution is -2.64. The molecule has 2 fully saturated rings. The fraction of sp³-hybridized carbons (Fsp3) is 0.600. The summed E-state index contributed by atoms with van der Waals surface area (Å²) in [6, 6.07) is 9.04. The first-order valence-electron chi connectivity index (χ1n) is 9.69. The minimum Gasteiger partial charge on any atom is -0.348 e. The minimum atomic E-state index is -0.0610. The highest BCUT2D eigenvalue weighted by atomic mass is 16.2. The van der Waals surface area contributed by atoms with Gasteiger partial charge in [0.15, 0.2) is 5.69 Å². The van der Waals surface area contributed by atoms with Crippen LogP contribution in [0, 0.1) is 5.92 Å². The van der Waals surface area contributed by atoms with Crippen molar-refractivity contribution in [1.29, 1.82) is 0 Å². The maximum absolute atomic E-state index is 12.8. The number of hydrogen-bond donors (Lipinski definition) is 2. The lowest BCUT2D eigenvalue weighted by Gasteiger charge is -2.51. The predicted molar refractivity (Wildman–Crippen MR) is 103 cm³/mol. The molecular weight excluding hydrogens is 326 g/mol. The van der Waals surface area contributed by atoms with Crippen LogP contribution in [0.1, 0.15) is 37.2 Å². The number of aromatic amines is 1. The lowest BCUT2D eigenvalue weighted by molar-refractivity contribution is -0.00573. The lowest BCUT2D eigenvalue weighted by atomic mass is 9.87. The number of para-hydroxylation sites is 1. The number of amides is 1. The Balaban J connectivity index is 1.43. The topological polar surface area (TPSA) is 64.3 Å². The van der Waals surface area contributed by atoms with Gasteiger partial charge in [0.2, 0.25) is 0 Å². The van der Waals surface area contributed by atoms with Crippen LogP contribution >= 0.6 is 0 Å². The molecule has 4 rings (SSSR count). The van der Waals surface area contributed by atoms with Crippen LogP contribution in [-0.2, 0) is 0 Å². The Kier molecular flexibility index (Phi) is 4.71. The Morgan fingerprint density at radius 2 is 1.96 bits per heavy atom. The van der Waals surface area contributed by atoms with Gasteiger partial charge in [0.1, 0.15) is 0 Å². The number of aromatic nitrogens is 2. The fourth-order valence-corrected chi connectivity index (χ4v) is 4.63. The van der Waals surface area contributed by atoms with Crippen molar-refractivity contribution in [3.05, 3.63) is 30.0 Å². The van der Waals surface area contributed by atoms with Gasteiger partial charge in [-0.15, -0.1) is 0 Å². The van der Waals surface area contributed by atoms with E-state index < -0.39 is 0 Å². The molecule has 3 heterocycles. The number of carbonyl (C=O) groups excluding carboxylic acids is 1. The first kappa shape index (κ1) is 17.5. The smallest absolute Gasteiger partial charge is 0.272 e. The van der Waals surface area contributed by atoms with E-state index in [4.69, 9.17) is 0 Å². The summed E-state index contributed by atoms with van der Waals surface area (Å²) in [6.07, 6.45) is 2.02. The van der Waals surface area contributed by atoms with Gasteiger partial charge >= 0.3 is 0 Å². The molecule has 6 heteroatoms. The summed E-state index contributed by atoms with van der Waals surface area (Å²) in [5.41, 5.74) is 1.41. The third kappa shape index (κ3) is 3.35. The second kappa shape index (κ2) is 7.00. The highest BCUT2D eigenvalue weighted by Crippen LogP contribution is 2.28. The number of benzene rings is 1. The number of likely N-dealkylation sites (tertiary alicyclic amines) is 1. The summed E-state index contributed by atoms with van der Waals surface area (Å²) in [4.78, 5) is 17.9. The number of piperazine rings is 1. The Bertz CT molecular complexity index is 769. The third-order valence-corrected chi connectivity index (χ3v) is 5.85. The molecule has 0 spiro atoms. The van der Waals surface area contributed by atoms with Gasteiger partial charge in [-0.05, 0) is 31.9 Å².